The molecule has 1 aromatic carbocycles. The zero-order valence-electron chi connectivity index (χ0n) is 17.6. The monoisotopic (exact) mass is 418 g/mol. The fourth-order valence-electron chi connectivity index (χ4n) is 3.60. The summed E-state index contributed by atoms with van der Waals surface area (Å²) in [6.07, 6.45) is 0. The Labute approximate surface area is 178 Å². The van der Waals surface area contributed by atoms with Crippen LogP contribution in [0.1, 0.15) is 39.2 Å². The summed E-state index contributed by atoms with van der Waals surface area (Å²) < 4.78 is 11.0. The van der Waals surface area contributed by atoms with Crippen LogP contribution in [0.15, 0.2) is 51.4 Å². The average Bonchev–Trinajstić information content (AvgIpc) is 3.32. The van der Waals surface area contributed by atoms with Gasteiger partial charge in [0.2, 0.25) is 5.91 Å². The van der Waals surface area contributed by atoms with Gasteiger partial charge < -0.3 is 19.6 Å². The molecule has 0 saturated carbocycles. The first-order valence-corrected chi connectivity index (χ1v) is 9.81. The van der Waals surface area contributed by atoms with Gasteiger partial charge in [0.1, 0.15) is 17.6 Å². The van der Waals surface area contributed by atoms with E-state index < -0.39 is 11.9 Å². The number of aromatic nitrogens is 2. The van der Waals surface area contributed by atoms with Crippen LogP contribution < -0.4 is 10.6 Å². The number of fused-ring (bicyclic) bond motifs is 1. The SMILES string of the molecule is CNC(=O)[C@H](NC(=O)c1cc(-c2cc(C)oc2C)nc2onc(C)c12)c1ccccc1. The fraction of sp³-hybridized carbons (Fsp3) is 0.217. The van der Waals surface area contributed by atoms with Crippen LogP contribution in [-0.4, -0.2) is 29.0 Å². The van der Waals surface area contributed by atoms with Crippen LogP contribution in [0, 0.1) is 20.8 Å². The van der Waals surface area contributed by atoms with Crippen molar-refractivity contribution < 1.29 is 18.5 Å². The Bertz CT molecular complexity index is 1270. The normalized spacial score (nSPS) is 12.0. The molecule has 0 bridgehead atoms. The molecule has 0 saturated heterocycles. The van der Waals surface area contributed by atoms with Gasteiger partial charge in [0.25, 0.3) is 11.6 Å². The Kier molecular flexibility index (Phi) is 5.29. The molecule has 0 radical (unpaired) electrons. The summed E-state index contributed by atoms with van der Waals surface area (Å²) in [7, 11) is 1.53. The summed E-state index contributed by atoms with van der Waals surface area (Å²) in [4.78, 5) is 30.4. The number of hydrogen-bond acceptors (Lipinski definition) is 6. The molecule has 8 nitrogen and oxygen atoms in total. The molecule has 0 aliphatic heterocycles. The molecule has 31 heavy (non-hydrogen) atoms. The third kappa shape index (κ3) is 3.79. The van der Waals surface area contributed by atoms with Gasteiger partial charge in [-0.2, -0.15) is 0 Å². The van der Waals surface area contributed by atoms with Crippen molar-refractivity contribution in [2.75, 3.05) is 7.05 Å². The summed E-state index contributed by atoms with van der Waals surface area (Å²) in [6, 6.07) is 11.7. The molecule has 1 atom stereocenters. The quantitative estimate of drug-likeness (QED) is 0.512. The van der Waals surface area contributed by atoms with Crippen LogP contribution >= 0.6 is 0 Å². The molecule has 4 aromatic rings. The van der Waals surface area contributed by atoms with Gasteiger partial charge in [0, 0.05) is 12.6 Å². The van der Waals surface area contributed by atoms with Gasteiger partial charge in [-0.1, -0.05) is 35.5 Å². The third-order valence-corrected chi connectivity index (χ3v) is 5.10. The lowest BCUT2D eigenvalue weighted by atomic mass is 10.0. The highest BCUT2D eigenvalue weighted by Gasteiger charge is 2.26. The first kappa shape index (κ1) is 20.3. The molecule has 0 fully saturated rings. The Morgan fingerprint density at radius 3 is 2.45 bits per heavy atom. The van der Waals surface area contributed by atoms with E-state index in [9.17, 15) is 9.59 Å². The molecule has 2 amide bonds. The molecule has 0 unspecified atom stereocenters. The number of likely N-dealkylation sites (N-methyl/N-ethyl adjacent to an activating group) is 1. The lowest BCUT2D eigenvalue weighted by Crippen LogP contribution is -2.39. The van der Waals surface area contributed by atoms with E-state index >= 15 is 0 Å². The topological polar surface area (TPSA) is 110 Å². The maximum absolute atomic E-state index is 13.4. The van der Waals surface area contributed by atoms with Crippen molar-refractivity contribution in [2.45, 2.75) is 26.8 Å². The number of furan rings is 1. The summed E-state index contributed by atoms with van der Waals surface area (Å²) in [5.74, 6) is 0.654. The summed E-state index contributed by atoms with van der Waals surface area (Å²) in [5, 5.41) is 9.91. The van der Waals surface area contributed by atoms with Gasteiger partial charge in [-0.25, -0.2) is 4.98 Å². The number of hydrogen-bond donors (Lipinski definition) is 2. The standard InChI is InChI=1S/C23H22N4O4/c1-12-10-16(14(3)30-12)18-11-17(19-13(2)27-31-23(19)25-18)21(28)26-20(22(29)24-4)15-8-6-5-7-9-15/h5-11,20H,1-4H3,(H,24,29)(H,26,28)/t20-/m1/s1. The largest absolute Gasteiger partial charge is 0.466 e. The molecule has 8 heteroatoms. The highest BCUT2D eigenvalue weighted by Crippen LogP contribution is 2.30. The summed E-state index contributed by atoms with van der Waals surface area (Å²) in [5.41, 5.74) is 3.06. The molecule has 4 rings (SSSR count). The molecule has 2 N–H and O–H groups in total. The van der Waals surface area contributed by atoms with Crippen LogP contribution in [0.2, 0.25) is 0 Å². The number of nitrogens with zero attached hydrogens (tertiary/aromatic N) is 2. The van der Waals surface area contributed by atoms with E-state index in [1.807, 2.05) is 38.1 Å². The van der Waals surface area contributed by atoms with E-state index in [0.29, 0.717) is 33.7 Å². The minimum Gasteiger partial charge on any atom is -0.466 e. The van der Waals surface area contributed by atoms with Crippen molar-refractivity contribution >= 4 is 22.9 Å². The van der Waals surface area contributed by atoms with E-state index in [2.05, 4.69) is 20.8 Å². The molecule has 3 aromatic heterocycles. The molecular formula is C23H22N4O4. The van der Waals surface area contributed by atoms with Crippen molar-refractivity contribution in [3.63, 3.8) is 0 Å². The molecule has 0 spiro atoms. The number of carbonyl (C=O) groups is 2. The Hall–Kier alpha value is -3.94. The van der Waals surface area contributed by atoms with Gasteiger partial charge in [-0.15, -0.1) is 0 Å². The van der Waals surface area contributed by atoms with Crippen molar-refractivity contribution in [1.29, 1.82) is 0 Å². The highest BCUT2D eigenvalue weighted by atomic mass is 16.5. The van der Waals surface area contributed by atoms with E-state index in [4.69, 9.17) is 8.94 Å². The first-order chi connectivity index (χ1) is 14.9. The fourth-order valence-corrected chi connectivity index (χ4v) is 3.60. The average molecular weight is 418 g/mol. The number of benzene rings is 1. The van der Waals surface area contributed by atoms with Crippen LogP contribution in [0.5, 0.6) is 0 Å². The predicted molar refractivity (Wildman–Crippen MR) is 114 cm³/mol. The van der Waals surface area contributed by atoms with Crippen LogP contribution in [0.25, 0.3) is 22.4 Å². The Morgan fingerprint density at radius 2 is 1.81 bits per heavy atom. The third-order valence-electron chi connectivity index (χ3n) is 5.10. The molecular weight excluding hydrogens is 396 g/mol. The number of aryl methyl sites for hydroxylation is 3. The zero-order chi connectivity index (χ0) is 22.1. The van der Waals surface area contributed by atoms with Crippen molar-refractivity contribution in [2.24, 2.45) is 0 Å². The smallest absolute Gasteiger partial charge is 0.259 e. The Balaban J connectivity index is 1.80. The van der Waals surface area contributed by atoms with Crippen LogP contribution in [0.4, 0.5) is 0 Å². The molecule has 0 aliphatic carbocycles. The van der Waals surface area contributed by atoms with Crippen LogP contribution in [0.3, 0.4) is 0 Å². The zero-order valence-corrected chi connectivity index (χ0v) is 17.6. The molecule has 3 heterocycles. The maximum Gasteiger partial charge on any atom is 0.259 e. The number of rotatable bonds is 5. The van der Waals surface area contributed by atoms with E-state index in [1.165, 1.54) is 7.05 Å². The lowest BCUT2D eigenvalue weighted by molar-refractivity contribution is -0.122. The van der Waals surface area contributed by atoms with Crippen LogP contribution in [-0.2, 0) is 4.79 Å². The second-order valence-corrected chi connectivity index (χ2v) is 7.26. The van der Waals surface area contributed by atoms with Crippen molar-refractivity contribution in [3.05, 3.63) is 70.8 Å². The van der Waals surface area contributed by atoms with Gasteiger partial charge in [0.15, 0.2) is 0 Å². The van der Waals surface area contributed by atoms with Crippen molar-refractivity contribution in [1.82, 2.24) is 20.8 Å². The van der Waals surface area contributed by atoms with Crippen molar-refractivity contribution in [3.8, 4) is 11.3 Å². The second-order valence-electron chi connectivity index (χ2n) is 7.26. The summed E-state index contributed by atoms with van der Waals surface area (Å²) >= 11 is 0. The van der Waals surface area contributed by atoms with E-state index in [0.717, 1.165) is 11.3 Å². The van der Waals surface area contributed by atoms with E-state index in [1.54, 1.807) is 25.1 Å². The highest BCUT2D eigenvalue weighted by molar-refractivity contribution is 6.08. The lowest BCUT2D eigenvalue weighted by Gasteiger charge is -2.18. The minimum atomic E-state index is -0.858. The number of amides is 2. The first-order valence-electron chi connectivity index (χ1n) is 9.81. The number of pyridine rings is 1. The predicted octanol–water partition coefficient (Wildman–Crippen LogP) is 3.63. The molecule has 0 aliphatic rings. The minimum absolute atomic E-state index is 0.245. The number of carbonyl (C=O) groups excluding carboxylic acids is 2. The van der Waals surface area contributed by atoms with Gasteiger partial charge >= 0.3 is 0 Å². The second kappa shape index (κ2) is 8.06. The maximum atomic E-state index is 13.4. The molecule has 158 valence electrons. The Morgan fingerprint density at radius 1 is 1.06 bits per heavy atom. The van der Waals surface area contributed by atoms with Gasteiger partial charge in [-0.3, -0.25) is 9.59 Å². The number of nitrogens with one attached hydrogen (secondary N) is 2. The van der Waals surface area contributed by atoms with Gasteiger partial charge in [0.05, 0.1) is 22.3 Å². The van der Waals surface area contributed by atoms with E-state index in [-0.39, 0.29) is 11.6 Å². The summed E-state index contributed by atoms with van der Waals surface area (Å²) in [6.45, 7) is 5.41. The van der Waals surface area contributed by atoms with Gasteiger partial charge in [-0.05, 0) is 38.5 Å².